The molecular weight excluding hydrogens is 390 g/mol. The van der Waals surface area contributed by atoms with Crippen LogP contribution in [-0.4, -0.2) is 28.4 Å². The third kappa shape index (κ3) is 5.73. The Kier molecular flexibility index (Phi) is 6.67. The molecule has 1 aliphatic carbocycles. The zero-order valence-electron chi connectivity index (χ0n) is 18.1. The average Bonchev–Trinajstić information content (AvgIpc) is 3.48. The Balaban J connectivity index is 1.50. The van der Waals surface area contributed by atoms with E-state index in [9.17, 15) is 4.79 Å². The van der Waals surface area contributed by atoms with Crippen molar-refractivity contribution in [3.63, 3.8) is 0 Å². The number of aromatic nitrogens is 1. The van der Waals surface area contributed by atoms with E-state index in [1.165, 1.54) is 17.4 Å². The molecule has 1 saturated carbocycles. The lowest BCUT2D eigenvalue weighted by Crippen LogP contribution is -2.27. The smallest absolute Gasteiger partial charge is 0.273 e. The molecule has 1 fully saturated rings. The van der Waals surface area contributed by atoms with E-state index in [4.69, 9.17) is 9.15 Å². The number of hydrogen-bond acceptors (Lipinski definition) is 5. The monoisotopic (exact) mass is 419 g/mol. The minimum Gasteiger partial charge on any atom is -0.494 e. The van der Waals surface area contributed by atoms with Crippen LogP contribution in [-0.2, 0) is 13.1 Å². The largest absolute Gasteiger partial charge is 0.494 e. The number of nitrogens with one attached hydrogen (secondary N) is 1. The van der Waals surface area contributed by atoms with Crippen molar-refractivity contribution in [1.82, 2.24) is 15.2 Å². The fourth-order valence-electron chi connectivity index (χ4n) is 3.51. The van der Waals surface area contributed by atoms with E-state index >= 15 is 0 Å². The van der Waals surface area contributed by atoms with Gasteiger partial charge in [0.2, 0.25) is 5.89 Å². The van der Waals surface area contributed by atoms with Gasteiger partial charge in [-0.25, -0.2) is 4.98 Å². The van der Waals surface area contributed by atoms with Gasteiger partial charge in [0, 0.05) is 18.6 Å². The minimum atomic E-state index is -0.160. The van der Waals surface area contributed by atoms with E-state index in [0.717, 1.165) is 18.6 Å². The van der Waals surface area contributed by atoms with Gasteiger partial charge in [-0.15, -0.1) is 0 Å². The quantitative estimate of drug-likeness (QED) is 0.515. The molecule has 6 heteroatoms. The van der Waals surface area contributed by atoms with Gasteiger partial charge in [0.15, 0.2) is 5.69 Å². The Labute approximate surface area is 183 Å². The summed E-state index contributed by atoms with van der Waals surface area (Å²) < 4.78 is 11.2. The van der Waals surface area contributed by atoms with Crippen LogP contribution in [0.25, 0.3) is 0 Å². The van der Waals surface area contributed by atoms with Gasteiger partial charge < -0.3 is 14.5 Å². The molecule has 3 aromatic rings. The topological polar surface area (TPSA) is 67.6 Å². The van der Waals surface area contributed by atoms with E-state index in [0.29, 0.717) is 37.3 Å². The predicted molar refractivity (Wildman–Crippen MR) is 119 cm³/mol. The van der Waals surface area contributed by atoms with Crippen LogP contribution >= 0.6 is 0 Å². The SMILES string of the molecule is CCOc1ccc(CN(Cc2nc(C(=O)NC3CC3)co2)C(C)c2ccccc2)cc1. The fraction of sp³-hybridized carbons (Fsp3) is 0.360. The summed E-state index contributed by atoms with van der Waals surface area (Å²) in [4.78, 5) is 19.0. The molecule has 1 aliphatic rings. The average molecular weight is 420 g/mol. The summed E-state index contributed by atoms with van der Waals surface area (Å²) >= 11 is 0. The lowest BCUT2D eigenvalue weighted by atomic mass is 10.1. The van der Waals surface area contributed by atoms with Crippen LogP contribution in [0.1, 0.15) is 60.2 Å². The molecule has 1 N–H and O–H groups in total. The fourth-order valence-corrected chi connectivity index (χ4v) is 3.51. The molecule has 31 heavy (non-hydrogen) atoms. The summed E-state index contributed by atoms with van der Waals surface area (Å²) in [5.74, 6) is 1.24. The van der Waals surface area contributed by atoms with Crippen LogP contribution < -0.4 is 10.1 Å². The van der Waals surface area contributed by atoms with Crippen LogP contribution in [0.2, 0.25) is 0 Å². The third-order valence-corrected chi connectivity index (χ3v) is 5.49. The number of hydrogen-bond donors (Lipinski definition) is 1. The molecule has 1 amide bonds. The summed E-state index contributed by atoms with van der Waals surface area (Å²) in [6.45, 7) is 6.02. The van der Waals surface area contributed by atoms with Crippen molar-refractivity contribution >= 4 is 5.91 Å². The zero-order chi connectivity index (χ0) is 21.6. The van der Waals surface area contributed by atoms with Gasteiger partial charge in [0.05, 0.1) is 13.2 Å². The molecule has 162 valence electrons. The molecule has 1 atom stereocenters. The Morgan fingerprint density at radius 1 is 1.16 bits per heavy atom. The number of ether oxygens (including phenoxy) is 1. The van der Waals surface area contributed by atoms with E-state index in [1.807, 2.05) is 37.3 Å². The number of nitrogens with zero attached hydrogens (tertiary/aromatic N) is 2. The summed E-state index contributed by atoms with van der Waals surface area (Å²) in [5, 5.41) is 2.95. The molecule has 2 aromatic carbocycles. The molecule has 0 bridgehead atoms. The lowest BCUT2D eigenvalue weighted by Gasteiger charge is -2.28. The molecule has 4 rings (SSSR count). The van der Waals surface area contributed by atoms with Crippen molar-refractivity contribution in [2.75, 3.05) is 6.61 Å². The van der Waals surface area contributed by atoms with Crippen molar-refractivity contribution in [2.45, 2.75) is 51.9 Å². The first-order valence-corrected chi connectivity index (χ1v) is 10.9. The number of carbonyl (C=O) groups is 1. The van der Waals surface area contributed by atoms with Gasteiger partial charge in [-0.2, -0.15) is 0 Å². The van der Waals surface area contributed by atoms with E-state index < -0.39 is 0 Å². The number of benzene rings is 2. The molecular formula is C25H29N3O3. The van der Waals surface area contributed by atoms with Gasteiger partial charge in [0.1, 0.15) is 12.0 Å². The second-order valence-electron chi connectivity index (χ2n) is 7.94. The molecule has 0 saturated heterocycles. The summed E-state index contributed by atoms with van der Waals surface area (Å²) in [5.41, 5.74) is 2.73. The first kappa shape index (κ1) is 21.1. The van der Waals surface area contributed by atoms with E-state index in [2.05, 4.69) is 46.4 Å². The summed E-state index contributed by atoms with van der Waals surface area (Å²) in [6.07, 6.45) is 3.54. The third-order valence-electron chi connectivity index (χ3n) is 5.49. The Hall–Kier alpha value is -3.12. The maximum Gasteiger partial charge on any atom is 0.273 e. The second-order valence-corrected chi connectivity index (χ2v) is 7.94. The Bertz CT molecular complexity index is 981. The molecule has 0 spiro atoms. The van der Waals surface area contributed by atoms with Crippen molar-refractivity contribution in [1.29, 1.82) is 0 Å². The van der Waals surface area contributed by atoms with Gasteiger partial charge >= 0.3 is 0 Å². The molecule has 1 heterocycles. The molecule has 0 aliphatic heterocycles. The van der Waals surface area contributed by atoms with Gasteiger partial charge in [-0.05, 0) is 49.9 Å². The van der Waals surface area contributed by atoms with Crippen LogP contribution in [0.4, 0.5) is 0 Å². The number of oxazole rings is 1. The van der Waals surface area contributed by atoms with Crippen LogP contribution in [0, 0.1) is 0 Å². The Morgan fingerprint density at radius 2 is 1.90 bits per heavy atom. The van der Waals surface area contributed by atoms with Crippen molar-refractivity contribution in [3.8, 4) is 5.75 Å². The van der Waals surface area contributed by atoms with E-state index in [1.54, 1.807) is 0 Å². The maximum atomic E-state index is 12.3. The predicted octanol–water partition coefficient (Wildman–Crippen LogP) is 4.73. The van der Waals surface area contributed by atoms with Gasteiger partial charge in [-0.3, -0.25) is 9.69 Å². The number of carbonyl (C=O) groups excluding carboxylic acids is 1. The molecule has 6 nitrogen and oxygen atoms in total. The number of rotatable bonds is 10. The van der Waals surface area contributed by atoms with Crippen molar-refractivity contribution in [2.24, 2.45) is 0 Å². The van der Waals surface area contributed by atoms with Gasteiger partial charge in [-0.1, -0.05) is 42.5 Å². The van der Waals surface area contributed by atoms with Crippen LogP contribution in [0.5, 0.6) is 5.75 Å². The lowest BCUT2D eigenvalue weighted by molar-refractivity contribution is 0.0946. The first-order chi connectivity index (χ1) is 15.1. The summed E-state index contributed by atoms with van der Waals surface area (Å²) in [7, 11) is 0. The Morgan fingerprint density at radius 3 is 2.58 bits per heavy atom. The highest BCUT2D eigenvalue weighted by atomic mass is 16.5. The maximum absolute atomic E-state index is 12.3. The highest BCUT2D eigenvalue weighted by molar-refractivity contribution is 5.92. The highest BCUT2D eigenvalue weighted by Gasteiger charge is 2.26. The minimum absolute atomic E-state index is 0.142. The standard InChI is InChI=1S/C25H29N3O3/c1-3-30-22-13-9-19(10-14-22)15-28(18(2)20-7-5-4-6-8-20)16-24-27-23(17-31-24)25(29)26-21-11-12-21/h4-10,13-14,17-18,21H,3,11-12,15-16H2,1-2H3,(H,26,29). The normalized spacial score (nSPS) is 14.4. The van der Waals surface area contributed by atoms with Crippen molar-refractivity contribution in [3.05, 3.63) is 83.6 Å². The molecule has 1 aromatic heterocycles. The molecule has 0 radical (unpaired) electrons. The van der Waals surface area contributed by atoms with Crippen LogP contribution in [0.3, 0.4) is 0 Å². The van der Waals surface area contributed by atoms with Crippen molar-refractivity contribution < 1.29 is 13.9 Å². The molecule has 1 unspecified atom stereocenters. The first-order valence-electron chi connectivity index (χ1n) is 10.9. The van der Waals surface area contributed by atoms with E-state index in [-0.39, 0.29) is 11.9 Å². The van der Waals surface area contributed by atoms with Crippen LogP contribution in [0.15, 0.2) is 65.3 Å². The highest BCUT2D eigenvalue weighted by Crippen LogP contribution is 2.25. The zero-order valence-corrected chi connectivity index (χ0v) is 18.1. The number of amides is 1. The summed E-state index contributed by atoms with van der Waals surface area (Å²) in [6, 6.07) is 19.0. The van der Waals surface area contributed by atoms with Gasteiger partial charge in [0.25, 0.3) is 5.91 Å². The second kappa shape index (κ2) is 9.79.